The highest BCUT2D eigenvalue weighted by Gasteiger charge is 2.40. The molecule has 0 radical (unpaired) electrons. The maximum atomic E-state index is 13.4. The number of allylic oxidation sites excluding steroid dienone is 1. The van der Waals surface area contributed by atoms with Crippen molar-refractivity contribution in [3.63, 3.8) is 0 Å². The summed E-state index contributed by atoms with van der Waals surface area (Å²) in [5.74, 6) is 1.10. The molecule has 1 atom stereocenters. The second-order valence-electron chi connectivity index (χ2n) is 9.39. The smallest absolute Gasteiger partial charge is 0.162 e. The molecule has 31 heavy (non-hydrogen) atoms. The fourth-order valence-electron chi connectivity index (χ4n) is 4.94. The number of pyridine rings is 1. The summed E-state index contributed by atoms with van der Waals surface area (Å²) in [4.78, 5) is 18.0. The van der Waals surface area contributed by atoms with Crippen molar-refractivity contribution in [1.82, 2.24) is 4.98 Å². The highest BCUT2D eigenvalue weighted by atomic mass is 16.5. The number of ketones is 1. The molecule has 2 aliphatic rings. The molecule has 4 heteroatoms. The minimum absolute atomic E-state index is 0.0582. The molecule has 3 aromatic rings. The van der Waals surface area contributed by atoms with Gasteiger partial charge in [0.2, 0.25) is 0 Å². The molecular formula is C27H28N2O2. The van der Waals surface area contributed by atoms with Crippen LogP contribution in [0.5, 0.6) is 5.75 Å². The van der Waals surface area contributed by atoms with Gasteiger partial charge in [0.25, 0.3) is 0 Å². The van der Waals surface area contributed by atoms with Crippen LogP contribution in [0.25, 0.3) is 16.5 Å². The first-order valence-electron chi connectivity index (χ1n) is 11.1. The quantitative estimate of drug-likeness (QED) is 0.544. The normalized spacial score (nSPS) is 19.6. The number of ether oxygens (including phenoxy) is 1. The number of hydrogen-bond donors (Lipinski definition) is 1. The van der Waals surface area contributed by atoms with E-state index in [2.05, 4.69) is 61.4 Å². The SMILES string of the molecule is CCCOc1ccc([C@H]2Nc3ccc4ncccc4c3C3=C2C(=O)CC(C)(C)C3)cc1. The van der Waals surface area contributed by atoms with Gasteiger partial charge in [-0.05, 0) is 59.7 Å². The zero-order chi connectivity index (χ0) is 21.6. The van der Waals surface area contributed by atoms with Crippen LogP contribution in [0.4, 0.5) is 5.69 Å². The van der Waals surface area contributed by atoms with Gasteiger partial charge in [0, 0.05) is 34.8 Å². The van der Waals surface area contributed by atoms with Crippen molar-refractivity contribution >= 4 is 27.9 Å². The van der Waals surface area contributed by atoms with Crippen LogP contribution in [-0.2, 0) is 4.79 Å². The van der Waals surface area contributed by atoms with Crippen molar-refractivity contribution in [3.8, 4) is 5.75 Å². The first kappa shape index (κ1) is 19.8. The third-order valence-electron chi connectivity index (χ3n) is 6.28. The van der Waals surface area contributed by atoms with Gasteiger partial charge in [-0.3, -0.25) is 9.78 Å². The van der Waals surface area contributed by atoms with E-state index in [0.29, 0.717) is 13.0 Å². The number of fused-ring (bicyclic) bond motifs is 4. The predicted octanol–water partition coefficient (Wildman–Crippen LogP) is 6.33. The Morgan fingerprint density at radius 2 is 1.90 bits per heavy atom. The summed E-state index contributed by atoms with van der Waals surface area (Å²) in [5, 5.41) is 4.78. The molecule has 0 unspecified atom stereocenters. The number of nitrogens with zero attached hydrogens (tertiary/aromatic N) is 1. The molecule has 1 aliphatic carbocycles. The first-order chi connectivity index (χ1) is 15.0. The van der Waals surface area contributed by atoms with Gasteiger partial charge in [-0.25, -0.2) is 0 Å². The van der Waals surface area contributed by atoms with Gasteiger partial charge < -0.3 is 10.1 Å². The van der Waals surface area contributed by atoms with Crippen LogP contribution in [0.2, 0.25) is 0 Å². The number of carbonyl (C=O) groups excluding carboxylic acids is 1. The zero-order valence-corrected chi connectivity index (χ0v) is 18.4. The van der Waals surface area contributed by atoms with E-state index in [1.54, 1.807) is 0 Å². The van der Waals surface area contributed by atoms with Gasteiger partial charge >= 0.3 is 0 Å². The standard InChI is InChI=1S/C27H28N2O2/c1-4-14-31-18-9-7-17(8-10-18)26-25-20(15-27(2,3)16-23(25)30)24-19-6-5-13-28-21(19)11-12-22(24)29-26/h5-13,26,29H,4,14-16H2,1-3H3/t26-/m1/s1. The Hall–Kier alpha value is -3.14. The molecule has 1 aromatic heterocycles. The monoisotopic (exact) mass is 412 g/mol. The maximum absolute atomic E-state index is 13.4. The molecule has 0 saturated carbocycles. The van der Waals surface area contributed by atoms with E-state index in [0.717, 1.165) is 51.9 Å². The van der Waals surface area contributed by atoms with Crippen LogP contribution < -0.4 is 10.1 Å². The third-order valence-corrected chi connectivity index (χ3v) is 6.28. The minimum Gasteiger partial charge on any atom is -0.494 e. The highest BCUT2D eigenvalue weighted by Crippen LogP contribution is 2.51. The number of carbonyl (C=O) groups is 1. The van der Waals surface area contributed by atoms with Crippen LogP contribution in [-0.4, -0.2) is 17.4 Å². The molecular weight excluding hydrogens is 384 g/mol. The lowest BCUT2D eigenvalue weighted by molar-refractivity contribution is -0.118. The molecule has 0 saturated heterocycles. The Kier molecular flexibility index (Phi) is 4.81. The van der Waals surface area contributed by atoms with E-state index in [-0.39, 0.29) is 17.2 Å². The molecule has 158 valence electrons. The Bertz CT molecular complexity index is 1190. The van der Waals surface area contributed by atoms with E-state index >= 15 is 0 Å². The lowest BCUT2D eigenvalue weighted by Gasteiger charge is -2.40. The Morgan fingerprint density at radius 3 is 2.68 bits per heavy atom. The summed E-state index contributed by atoms with van der Waals surface area (Å²) in [6.45, 7) is 7.18. The van der Waals surface area contributed by atoms with Crippen molar-refractivity contribution in [1.29, 1.82) is 0 Å². The average Bonchev–Trinajstić information content (AvgIpc) is 2.76. The van der Waals surface area contributed by atoms with E-state index < -0.39 is 0 Å². The minimum atomic E-state index is -0.152. The summed E-state index contributed by atoms with van der Waals surface area (Å²) in [7, 11) is 0. The highest BCUT2D eigenvalue weighted by molar-refractivity contribution is 6.12. The van der Waals surface area contributed by atoms with Gasteiger partial charge in [-0.1, -0.05) is 39.0 Å². The van der Waals surface area contributed by atoms with E-state index in [1.807, 2.05) is 24.4 Å². The van der Waals surface area contributed by atoms with Crippen LogP contribution >= 0.6 is 0 Å². The molecule has 0 fully saturated rings. The number of Topliss-reactive ketones (excluding diaryl/α,β-unsaturated/α-hetero) is 1. The largest absolute Gasteiger partial charge is 0.494 e. The summed E-state index contributed by atoms with van der Waals surface area (Å²) in [6, 6.07) is 16.3. The maximum Gasteiger partial charge on any atom is 0.162 e. The number of aromatic nitrogens is 1. The number of benzene rings is 2. The molecule has 1 N–H and O–H groups in total. The second kappa shape index (κ2) is 7.52. The zero-order valence-electron chi connectivity index (χ0n) is 18.4. The number of rotatable bonds is 4. The topological polar surface area (TPSA) is 51.2 Å². The summed E-state index contributed by atoms with van der Waals surface area (Å²) in [5.41, 5.74) is 6.28. The Morgan fingerprint density at radius 1 is 1.10 bits per heavy atom. The number of anilines is 1. The summed E-state index contributed by atoms with van der Waals surface area (Å²) >= 11 is 0. The van der Waals surface area contributed by atoms with Crippen LogP contribution in [0.3, 0.4) is 0 Å². The van der Waals surface area contributed by atoms with Gasteiger partial charge in [0.05, 0.1) is 18.2 Å². The van der Waals surface area contributed by atoms with E-state index in [1.165, 1.54) is 5.57 Å². The molecule has 2 aromatic carbocycles. The fraction of sp³-hybridized carbons (Fsp3) is 0.333. The summed E-state index contributed by atoms with van der Waals surface area (Å²) < 4.78 is 5.75. The van der Waals surface area contributed by atoms with Crippen LogP contribution in [0, 0.1) is 5.41 Å². The van der Waals surface area contributed by atoms with Crippen molar-refractivity contribution in [2.45, 2.75) is 46.1 Å². The molecule has 1 aliphatic heterocycles. The van der Waals surface area contributed by atoms with Gasteiger partial charge in [0.15, 0.2) is 5.78 Å². The lowest BCUT2D eigenvalue weighted by atomic mass is 9.68. The van der Waals surface area contributed by atoms with E-state index in [4.69, 9.17) is 4.74 Å². The molecule has 5 rings (SSSR count). The number of hydrogen-bond acceptors (Lipinski definition) is 4. The van der Waals surface area contributed by atoms with Gasteiger partial charge in [-0.2, -0.15) is 0 Å². The molecule has 2 heterocycles. The fourth-order valence-corrected chi connectivity index (χ4v) is 4.94. The van der Waals surface area contributed by atoms with Crippen molar-refractivity contribution in [2.24, 2.45) is 5.41 Å². The Balaban J connectivity index is 1.66. The van der Waals surface area contributed by atoms with Crippen molar-refractivity contribution < 1.29 is 9.53 Å². The predicted molar refractivity (Wildman–Crippen MR) is 125 cm³/mol. The van der Waals surface area contributed by atoms with Crippen molar-refractivity contribution in [2.75, 3.05) is 11.9 Å². The Labute approximate surface area is 183 Å². The molecule has 0 bridgehead atoms. The summed E-state index contributed by atoms with van der Waals surface area (Å²) in [6.07, 6.45) is 4.25. The third kappa shape index (κ3) is 3.50. The van der Waals surface area contributed by atoms with E-state index in [9.17, 15) is 4.79 Å². The van der Waals surface area contributed by atoms with Gasteiger partial charge in [0.1, 0.15) is 5.75 Å². The molecule has 0 spiro atoms. The van der Waals surface area contributed by atoms with Crippen molar-refractivity contribution in [3.05, 3.63) is 71.4 Å². The van der Waals surface area contributed by atoms with Crippen LogP contribution in [0.1, 0.15) is 57.2 Å². The average molecular weight is 413 g/mol. The molecule has 4 nitrogen and oxygen atoms in total. The first-order valence-corrected chi connectivity index (χ1v) is 11.1. The molecule has 0 amide bonds. The second-order valence-corrected chi connectivity index (χ2v) is 9.39. The number of nitrogens with one attached hydrogen (secondary N) is 1. The van der Waals surface area contributed by atoms with Crippen LogP contribution in [0.15, 0.2) is 60.3 Å². The lowest BCUT2D eigenvalue weighted by Crippen LogP contribution is -2.33. The van der Waals surface area contributed by atoms with Gasteiger partial charge in [-0.15, -0.1) is 0 Å².